The van der Waals surface area contributed by atoms with Crippen molar-refractivity contribution in [2.24, 2.45) is 0 Å². The lowest BCUT2D eigenvalue weighted by Gasteiger charge is -2.09. The standard InChI is InChI=1S/C18H25N3O3S/c1-3-4-13-25(22,23)21-18-10-7-16(14-20-18)19-12-11-15-5-8-17(24-2)9-6-15/h5-10,14,19H,3-4,11-13H2,1-2H3,(H,20,21). The van der Waals surface area contributed by atoms with Gasteiger partial charge in [0.1, 0.15) is 11.6 Å². The number of methoxy groups -OCH3 is 1. The predicted molar refractivity (Wildman–Crippen MR) is 102 cm³/mol. The summed E-state index contributed by atoms with van der Waals surface area (Å²) in [5.74, 6) is 1.31. The van der Waals surface area contributed by atoms with Crippen LogP contribution in [0.2, 0.25) is 0 Å². The van der Waals surface area contributed by atoms with E-state index in [4.69, 9.17) is 4.74 Å². The van der Waals surface area contributed by atoms with Crippen LogP contribution in [0.15, 0.2) is 42.6 Å². The van der Waals surface area contributed by atoms with Gasteiger partial charge >= 0.3 is 0 Å². The molecule has 0 aliphatic rings. The summed E-state index contributed by atoms with van der Waals surface area (Å²) in [4.78, 5) is 4.15. The average molecular weight is 363 g/mol. The highest BCUT2D eigenvalue weighted by molar-refractivity contribution is 7.92. The van der Waals surface area contributed by atoms with Crippen molar-refractivity contribution in [3.63, 3.8) is 0 Å². The molecule has 0 saturated heterocycles. The molecule has 0 bridgehead atoms. The van der Waals surface area contributed by atoms with Crippen molar-refractivity contribution in [3.05, 3.63) is 48.2 Å². The summed E-state index contributed by atoms with van der Waals surface area (Å²) >= 11 is 0. The summed E-state index contributed by atoms with van der Waals surface area (Å²) in [6, 6.07) is 11.4. The molecule has 2 N–H and O–H groups in total. The van der Waals surface area contributed by atoms with E-state index in [1.165, 1.54) is 5.56 Å². The Balaban J connectivity index is 1.81. The number of aromatic nitrogens is 1. The first kappa shape index (κ1) is 19.1. The van der Waals surface area contributed by atoms with Gasteiger partial charge in [-0.15, -0.1) is 0 Å². The van der Waals surface area contributed by atoms with E-state index < -0.39 is 10.0 Å². The van der Waals surface area contributed by atoms with Crippen LogP contribution in [0.25, 0.3) is 0 Å². The molecule has 0 unspecified atom stereocenters. The van der Waals surface area contributed by atoms with Crippen LogP contribution in [0, 0.1) is 0 Å². The van der Waals surface area contributed by atoms with Crippen molar-refractivity contribution < 1.29 is 13.2 Å². The van der Waals surface area contributed by atoms with Crippen LogP contribution in [0.3, 0.4) is 0 Å². The SMILES string of the molecule is CCCCS(=O)(=O)Nc1ccc(NCCc2ccc(OC)cc2)cn1. The van der Waals surface area contributed by atoms with Crippen molar-refractivity contribution in [1.82, 2.24) is 4.98 Å². The molecule has 25 heavy (non-hydrogen) atoms. The van der Waals surface area contributed by atoms with Gasteiger partial charge in [0, 0.05) is 6.54 Å². The van der Waals surface area contributed by atoms with Gasteiger partial charge in [-0.25, -0.2) is 13.4 Å². The number of rotatable bonds is 10. The topological polar surface area (TPSA) is 80.3 Å². The first-order valence-electron chi connectivity index (χ1n) is 8.36. The summed E-state index contributed by atoms with van der Waals surface area (Å²) in [5.41, 5.74) is 2.06. The third-order valence-electron chi connectivity index (χ3n) is 3.69. The molecule has 1 aromatic carbocycles. The Morgan fingerprint density at radius 1 is 1.12 bits per heavy atom. The lowest BCUT2D eigenvalue weighted by Crippen LogP contribution is -2.17. The number of benzene rings is 1. The lowest BCUT2D eigenvalue weighted by atomic mass is 10.1. The minimum absolute atomic E-state index is 0.118. The van der Waals surface area contributed by atoms with Crippen LogP contribution >= 0.6 is 0 Å². The number of nitrogens with zero attached hydrogens (tertiary/aromatic N) is 1. The number of nitrogens with one attached hydrogen (secondary N) is 2. The molecule has 2 rings (SSSR count). The van der Waals surface area contributed by atoms with E-state index in [9.17, 15) is 8.42 Å². The summed E-state index contributed by atoms with van der Waals surface area (Å²) in [6.07, 6.45) is 3.98. The van der Waals surface area contributed by atoms with E-state index in [-0.39, 0.29) is 5.75 Å². The molecule has 0 amide bonds. The Bertz CT molecular complexity index is 744. The highest BCUT2D eigenvalue weighted by Gasteiger charge is 2.10. The van der Waals surface area contributed by atoms with Gasteiger partial charge in [0.05, 0.1) is 24.7 Å². The maximum absolute atomic E-state index is 11.8. The number of sulfonamides is 1. The van der Waals surface area contributed by atoms with Gasteiger partial charge in [-0.1, -0.05) is 25.5 Å². The highest BCUT2D eigenvalue weighted by Crippen LogP contribution is 2.14. The maximum atomic E-state index is 11.8. The van der Waals surface area contributed by atoms with Crippen molar-refractivity contribution in [2.45, 2.75) is 26.2 Å². The van der Waals surface area contributed by atoms with Crippen LogP contribution in [0.5, 0.6) is 5.75 Å². The first-order chi connectivity index (χ1) is 12.0. The number of ether oxygens (including phenoxy) is 1. The molecule has 0 aliphatic heterocycles. The molecule has 0 aliphatic carbocycles. The zero-order valence-corrected chi connectivity index (χ0v) is 15.5. The van der Waals surface area contributed by atoms with Crippen LogP contribution in [-0.2, 0) is 16.4 Å². The van der Waals surface area contributed by atoms with Gasteiger partial charge in [-0.05, 0) is 42.7 Å². The predicted octanol–water partition coefficient (Wildman–Crippen LogP) is 3.29. The molecule has 2 aromatic rings. The first-order valence-corrected chi connectivity index (χ1v) is 10.0. The minimum Gasteiger partial charge on any atom is -0.497 e. The molecule has 1 heterocycles. The van der Waals surface area contributed by atoms with Gasteiger partial charge in [-0.3, -0.25) is 4.72 Å². The van der Waals surface area contributed by atoms with Crippen LogP contribution in [0.1, 0.15) is 25.3 Å². The molecular formula is C18H25N3O3S. The Morgan fingerprint density at radius 2 is 1.88 bits per heavy atom. The van der Waals surface area contributed by atoms with Crippen molar-refractivity contribution in [3.8, 4) is 5.75 Å². The lowest BCUT2D eigenvalue weighted by molar-refractivity contribution is 0.414. The van der Waals surface area contributed by atoms with Crippen LogP contribution in [0.4, 0.5) is 11.5 Å². The number of anilines is 2. The highest BCUT2D eigenvalue weighted by atomic mass is 32.2. The normalized spacial score (nSPS) is 11.1. The van der Waals surface area contributed by atoms with E-state index in [0.29, 0.717) is 12.2 Å². The molecule has 7 heteroatoms. The second-order valence-corrected chi connectivity index (χ2v) is 7.57. The third-order valence-corrected chi connectivity index (χ3v) is 5.04. The van der Waals surface area contributed by atoms with Gasteiger partial charge < -0.3 is 10.1 Å². The Labute approximate surface area is 149 Å². The molecule has 136 valence electrons. The van der Waals surface area contributed by atoms with Crippen LogP contribution < -0.4 is 14.8 Å². The van der Waals surface area contributed by atoms with Crippen molar-refractivity contribution >= 4 is 21.5 Å². The number of hydrogen-bond acceptors (Lipinski definition) is 5. The average Bonchev–Trinajstić information content (AvgIpc) is 2.62. The van der Waals surface area contributed by atoms with Gasteiger partial charge in [0.15, 0.2) is 0 Å². The number of unbranched alkanes of at least 4 members (excludes halogenated alkanes) is 1. The largest absolute Gasteiger partial charge is 0.497 e. The van der Waals surface area contributed by atoms with E-state index in [1.54, 1.807) is 19.4 Å². The monoisotopic (exact) mass is 363 g/mol. The van der Waals surface area contributed by atoms with E-state index in [2.05, 4.69) is 15.0 Å². The maximum Gasteiger partial charge on any atom is 0.233 e. The fraction of sp³-hybridized carbons (Fsp3) is 0.389. The van der Waals surface area contributed by atoms with E-state index in [0.717, 1.165) is 30.8 Å². The molecule has 0 fully saturated rings. The second-order valence-electron chi connectivity index (χ2n) is 5.73. The molecule has 0 spiro atoms. The summed E-state index contributed by atoms with van der Waals surface area (Å²) in [6.45, 7) is 2.72. The summed E-state index contributed by atoms with van der Waals surface area (Å²) in [7, 11) is -1.66. The van der Waals surface area contributed by atoms with E-state index in [1.807, 2.05) is 37.3 Å². The molecule has 0 atom stereocenters. The smallest absolute Gasteiger partial charge is 0.233 e. The Morgan fingerprint density at radius 3 is 2.48 bits per heavy atom. The molecule has 6 nitrogen and oxygen atoms in total. The number of pyridine rings is 1. The molecule has 0 saturated carbocycles. The quantitative estimate of drug-likeness (QED) is 0.677. The van der Waals surface area contributed by atoms with Gasteiger partial charge in [0.2, 0.25) is 10.0 Å². The Kier molecular flexibility index (Phi) is 7.06. The Hall–Kier alpha value is -2.28. The summed E-state index contributed by atoms with van der Waals surface area (Å²) < 4.78 is 31.3. The second kappa shape index (κ2) is 9.27. The van der Waals surface area contributed by atoms with Crippen LogP contribution in [-0.4, -0.2) is 32.8 Å². The molecule has 0 radical (unpaired) electrons. The number of hydrogen-bond donors (Lipinski definition) is 2. The summed E-state index contributed by atoms with van der Waals surface area (Å²) in [5, 5.41) is 3.28. The zero-order chi connectivity index (χ0) is 18.1. The van der Waals surface area contributed by atoms with E-state index >= 15 is 0 Å². The third kappa shape index (κ3) is 6.62. The minimum atomic E-state index is -3.31. The molecule has 1 aromatic heterocycles. The zero-order valence-electron chi connectivity index (χ0n) is 14.7. The van der Waals surface area contributed by atoms with Gasteiger partial charge in [0.25, 0.3) is 0 Å². The fourth-order valence-corrected chi connectivity index (χ4v) is 3.46. The van der Waals surface area contributed by atoms with Crippen molar-refractivity contribution in [1.29, 1.82) is 0 Å². The van der Waals surface area contributed by atoms with Crippen molar-refractivity contribution in [2.75, 3.05) is 29.4 Å². The van der Waals surface area contributed by atoms with Gasteiger partial charge in [-0.2, -0.15) is 0 Å². The fourth-order valence-electron chi connectivity index (χ4n) is 2.25. The molecular weight excluding hydrogens is 338 g/mol.